The first kappa shape index (κ1) is 17.5. The summed E-state index contributed by atoms with van der Waals surface area (Å²) in [7, 11) is 0. The molecule has 8 heteroatoms. The lowest BCUT2D eigenvalue weighted by atomic mass is 10.2. The Bertz CT molecular complexity index is 930. The van der Waals surface area contributed by atoms with Gasteiger partial charge in [0.15, 0.2) is 6.61 Å². The van der Waals surface area contributed by atoms with Gasteiger partial charge in [0, 0.05) is 16.6 Å². The maximum absolute atomic E-state index is 12.6. The van der Waals surface area contributed by atoms with Gasteiger partial charge in [-0.15, -0.1) is 0 Å². The van der Waals surface area contributed by atoms with Crippen molar-refractivity contribution in [2.24, 2.45) is 0 Å². The molecule has 0 aliphatic heterocycles. The number of ether oxygens (including phenoxy) is 1. The average molecular weight is 362 g/mol. The summed E-state index contributed by atoms with van der Waals surface area (Å²) in [6.07, 6.45) is -4.51. The summed E-state index contributed by atoms with van der Waals surface area (Å²) < 4.78 is 42.8. The highest BCUT2D eigenvalue weighted by molar-refractivity contribution is 5.97. The van der Waals surface area contributed by atoms with Crippen molar-refractivity contribution >= 4 is 28.5 Å². The van der Waals surface area contributed by atoms with E-state index in [1.54, 1.807) is 18.2 Å². The lowest BCUT2D eigenvalue weighted by molar-refractivity contribution is -0.137. The molecule has 0 spiro atoms. The highest BCUT2D eigenvalue weighted by atomic mass is 19.4. The lowest BCUT2D eigenvalue weighted by Crippen LogP contribution is -2.21. The molecule has 0 bridgehead atoms. The molecule has 0 atom stereocenters. The zero-order valence-electron chi connectivity index (χ0n) is 13.3. The first-order chi connectivity index (χ1) is 12.3. The van der Waals surface area contributed by atoms with Crippen LogP contribution in [0.5, 0.6) is 0 Å². The van der Waals surface area contributed by atoms with Crippen LogP contribution < -0.4 is 5.32 Å². The van der Waals surface area contributed by atoms with Gasteiger partial charge in [-0.05, 0) is 30.3 Å². The highest BCUT2D eigenvalue weighted by Gasteiger charge is 2.30. The van der Waals surface area contributed by atoms with Crippen molar-refractivity contribution in [3.63, 3.8) is 0 Å². The maximum Gasteiger partial charge on any atom is 0.416 e. The number of benzene rings is 2. The number of esters is 1. The van der Waals surface area contributed by atoms with Crippen LogP contribution in [0.4, 0.5) is 18.9 Å². The fourth-order valence-corrected chi connectivity index (χ4v) is 2.36. The number of aromatic nitrogens is 1. The molecule has 0 fully saturated rings. The van der Waals surface area contributed by atoms with Crippen LogP contribution in [0.3, 0.4) is 0 Å². The van der Waals surface area contributed by atoms with E-state index in [9.17, 15) is 22.8 Å². The fraction of sp³-hybridized carbons (Fsp3) is 0.111. The van der Waals surface area contributed by atoms with Crippen LogP contribution >= 0.6 is 0 Å². The average Bonchev–Trinajstić information content (AvgIpc) is 3.03. The van der Waals surface area contributed by atoms with E-state index in [-0.39, 0.29) is 11.4 Å². The molecule has 0 saturated heterocycles. The number of anilines is 1. The van der Waals surface area contributed by atoms with Gasteiger partial charge in [0.25, 0.3) is 5.91 Å². The molecule has 26 heavy (non-hydrogen) atoms. The molecule has 1 aromatic heterocycles. The van der Waals surface area contributed by atoms with E-state index in [1.165, 1.54) is 12.1 Å². The van der Waals surface area contributed by atoms with E-state index in [2.05, 4.69) is 10.3 Å². The molecule has 2 aromatic carbocycles. The van der Waals surface area contributed by atoms with Gasteiger partial charge in [0.1, 0.15) is 5.69 Å². The number of hydrogen-bond donors (Lipinski definition) is 2. The number of hydrogen-bond acceptors (Lipinski definition) is 3. The Morgan fingerprint density at radius 1 is 1.04 bits per heavy atom. The second-order valence-electron chi connectivity index (χ2n) is 5.47. The van der Waals surface area contributed by atoms with Crippen molar-refractivity contribution < 1.29 is 27.5 Å². The molecule has 0 aliphatic rings. The Labute approximate surface area is 145 Å². The number of para-hydroxylation sites is 1. The molecule has 1 heterocycles. The number of halogens is 3. The van der Waals surface area contributed by atoms with Gasteiger partial charge in [0.2, 0.25) is 0 Å². The highest BCUT2D eigenvalue weighted by Crippen LogP contribution is 2.30. The van der Waals surface area contributed by atoms with Gasteiger partial charge in [0.05, 0.1) is 5.56 Å². The standard InChI is InChI=1S/C18H13F3N2O3/c19-18(20,21)12-5-3-6-13(9-12)22-16(24)10-26-17(25)15-8-11-4-1-2-7-14(11)23-15/h1-9,23H,10H2,(H,22,24). The number of nitrogens with one attached hydrogen (secondary N) is 2. The first-order valence-corrected chi connectivity index (χ1v) is 7.55. The minimum Gasteiger partial charge on any atom is -0.451 e. The van der Waals surface area contributed by atoms with Crippen molar-refractivity contribution in [2.45, 2.75) is 6.18 Å². The Morgan fingerprint density at radius 3 is 2.54 bits per heavy atom. The Morgan fingerprint density at radius 2 is 1.81 bits per heavy atom. The third kappa shape index (κ3) is 4.02. The topological polar surface area (TPSA) is 71.2 Å². The molecule has 3 aromatic rings. The van der Waals surface area contributed by atoms with Crippen LogP contribution in [-0.4, -0.2) is 23.5 Å². The van der Waals surface area contributed by atoms with Crippen LogP contribution in [0.2, 0.25) is 0 Å². The van der Waals surface area contributed by atoms with Gasteiger partial charge in [-0.25, -0.2) is 4.79 Å². The summed E-state index contributed by atoms with van der Waals surface area (Å²) >= 11 is 0. The van der Waals surface area contributed by atoms with Crippen molar-refractivity contribution in [3.8, 4) is 0 Å². The van der Waals surface area contributed by atoms with Gasteiger partial charge in [-0.3, -0.25) is 4.79 Å². The third-order valence-corrected chi connectivity index (χ3v) is 3.56. The zero-order chi connectivity index (χ0) is 18.7. The normalized spacial score (nSPS) is 11.3. The SMILES string of the molecule is O=C(COC(=O)c1cc2ccccc2[nH]1)Nc1cccc(C(F)(F)F)c1. The van der Waals surface area contributed by atoms with Crippen molar-refractivity contribution in [1.29, 1.82) is 0 Å². The van der Waals surface area contributed by atoms with E-state index >= 15 is 0 Å². The van der Waals surface area contributed by atoms with Crippen LogP contribution in [0.25, 0.3) is 10.9 Å². The Hall–Kier alpha value is -3.29. The summed E-state index contributed by atoms with van der Waals surface area (Å²) in [5.41, 5.74) is 0.00259. The van der Waals surface area contributed by atoms with Crippen LogP contribution in [0.15, 0.2) is 54.6 Å². The number of aromatic amines is 1. The number of rotatable bonds is 4. The molecule has 1 amide bonds. The Kier molecular flexibility index (Phi) is 4.66. The minimum atomic E-state index is -4.51. The monoisotopic (exact) mass is 362 g/mol. The van der Waals surface area contributed by atoms with Gasteiger partial charge < -0.3 is 15.0 Å². The molecule has 2 N–H and O–H groups in total. The zero-order valence-corrected chi connectivity index (χ0v) is 13.3. The van der Waals surface area contributed by atoms with E-state index in [0.29, 0.717) is 0 Å². The number of alkyl halides is 3. The predicted octanol–water partition coefficient (Wildman–Crippen LogP) is 3.98. The predicted molar refractivity (Wildman–Crippen MR) is 88.7 cm³/mol. The fourth-order valence-electron chi connectivity index (χ4n) is 2.36. The molecule has 3 rings (SSSR count). The second-order valence-corrected chi connectivity index (χ2v) is 5.47. The largest absolute Gasteiger partial charge is 0.451 e. The van der Waals surface area contributed by atoms with Crippen molar-refractivity contribution in [2.75, 3.05) is 11.9 Å². The summed E-state index contributed by atoms with van der Waals surface area (Å²) in [6, 6.07) is 13.0. The molecule has 134 valence electrons. The quantitative estimate of drug-likeness (QED) is 0.690. The molecule has 0 radical (unpaired) electrons. The van der Waals surface area contributed by atoms with Gasteiger partial charge in [-0.1, -0.05) is 24.3 Å². The van der Waals surface area contributed by atoms with Crippen molar-refractivity contribution in [1.82, 2.24) is 4.98 Å². The lowest BCUT2D eigenvalue weighted by Gasteiger charge is -2.10. The summed E-state index contributed by atoms with van der Waals surface area (Å²) in [5.74, 6) is -1.48. The van der Waals surface area contributed by atoms with Crippen LogP contribution in [0.1, 0.15) is 16.1 Å². The third-order valence-electron chi connectivity index (χ3n) is 3.56. The van der Waals surface area contributed by atoms with E-state index < -0.39 is 30.2 Å². The molecule has 0 saturated carbocycles. The minimum absolute atomic E-state index is 0.0357. The molecular formula is C18H13F3N2O3. The smallest absolute Gasteiger partial charge is 0.416 e. The number of amides is 1. The molecule has 0 aliphatic carbocycles. The summed E-state index contributed by atoms with van der Waals surface area (Å²) in [5, 5.41) is 3.07. The van der Waals surface area contributed by atoms with E-state index in [4.69, 9.17) is 4.74 Å². The maximum atomic E-state index is 12.6. The molecule has 0 unspecified atom stereocenters. The van der Waals surface area contributed by atoms with Gasteiger partial charge in [-0.2, -0.15) is 13.2 Å². The number of H-pyrrole nitrogens is 1. The Balaban J connectivity index is 1.59. The summed E-state index contributed by atoms with van der Waals surface area (Å²) in [4.78, 5) is 26.6. The van der Waals surface area contributed by atoms with Crippen molar-refractivity contribution in [3.05, 3.63) is 65.9 Å². The number of carbonyl (C=O) groups is 2. The van der Waals surface area contributed by atoms with Crippen LogP contribution in [-0.2, 0) is 15.7 Å². The van der Waals surface area contributed by atoms with E-state index in [0.717, 1.165) is 23.0 Å². The number of fused-ring (bicyclic) bond motifs is 1. The van der Waals surface area contributed by atoms with Crippen LogP contribution in [0, 0.1) is 0 Å². The second kappa shape index (κ2) is 6.91. The first-order valence-electron chi connectivity index (χ1n) is 7.55. The van der Waals surface area contributed by atoms with Gasteiger partial charge >= 0.3 is 12.1 Å². The molecular weight excluding hydrogens is 349 g/mol. The van der Waals surface area contributed by atoms with E-state index in [1.807, 2.05) is 12.1 Å². The number of carbonyl (C=O) groups excluding carboxylic acids is 2. The molecule has 5 nitrogen and oxygen atoms in total. The summed E-state index contributed by atoms with van der Waals surface area (Å²) in [6.45, 7) is -0.621.